The largest absolute Gasteiger partial charge is 0.450 e. The average Bonchev–Trinajstić information content (AvgIpc) is 2.29. The topological polar surface area (TPSA) is 29.5 Å². The van der Waals surface area contributed by atoms with Gasteiger partial charge >= 0.3 is 6.09 Å². The monoisotopic (exact) mass is 209 g/mol. The molecule has 2 aliphatic heterocycles. The number of hydrogen-bond donors (Lipinski definition) is 0. The highest BCUT2D eigenvalue weighted by molar-refractivity contribution is 5.69. The van der Waals surface area contributed by atoms with Gasteiger partial charge in [0.05, 0.1) is 12.6 Å². The lowest BCUT2D eigenvalue weighted by molar-refractivity contribution is 0.0380. The van der Waals surface area contributed by atoms with Gasteiger partial charge in [-0.1, -0.05) is 19.1 Å². The van der Waals surface area contributed by atoms with Crippen LogP contribution in [0.15, 0.2) is 12.2 Å². The fourth-order valence-electron chi connectivity index (χ4n) is 2.80. The Kier molecular flexibility index (Phi) is 2.98. The van der Waals surface area contributed by atoms with Crippen molar-refractivity contribution in [1.29, 1.82) is 0 Å². The lowest BCUT2D eigenvalue weighted by Crippen LogP contribution is -2.55. The molecule has 3 aliphatic rings. The van der Waals surface area contributed by atoms with Crippen LogP contribution in [0.5, 0.6) is 0 Å². The third kappa shape index (κ3) is 1.75. The summed E-state index contributed by atoms with van der Waals surface area (Å²) in [7, 11) is 0. The van der Waals surface area contributed by atoms with Crippen molar-refractivity contribution in [2.75, 3.05) is 6.61 Å². The number of nitrogens with zero attached hydrogens (tertiary/aromatic N) is 1. The van der Waals surface area contributed by atoms with Gasteiger partial charge < -0.3 is 4.74 Å². The van der Waals surface area contributed by atoms with E-state index in [1.165, 1.54) is 6.42 Å². The zero-order valence-electron chi connectivity index (χ0n) is 9.48. The van der Waals surface area contributed by atoms with E-state index < -0.39 is 0 Å². The lowest BCUT2D eigenvalue weighted by atomic mass is 9.79. The van der Waals surface area contributed by atoms with Crippen LogP contribution in [0.25, 0.3) is 0 Å². The second kappa shape index (κ2) is 4.25. The summed E-state index contributed by atoms with van der Waals surface area (Å²) in [5.41, 5.74) is 0. The SMILES string of the molecule is CCOC(=O)N1C2C=CC(CC2)C1CC. The van der Waals surface area contributed by atoms with Crippen LogP contribution >= 0.6 is 0 Å². The second-order valence-corrected chi connectivity index (χ2v) is 4.28. The van der Waals surface area contributed by atoms with E-state index in [-0.39, 0.29) is 12.1 Å². The quantitative estimate of drug-likeness (QED) is 0.654. The van der Waals surface area contributed by atoms with Gasteiger partial charge in [0.15, 0.2) is 0 Å². The fraction of sp³-hybridized carbons (Fsp3) is 0.750. The molecule has 3 unspecified atom stereocenters. The summed E-state index contributed by atoms with van der Waals surface area (Å²) in [5, 5.41) is 0. The zero-order valence-corrected chi connectivity index (χ0v) is 9.48. The molecule has 0 saturated carbocycles. The van der Waals surface area contributed by atoms with Crippen molar-refractivity contribution >= 4 is 6.09 Å². The van der Waals surface area contributed by atoms with Crippen LogP contribution in [-0.2, 0) is 4.74 Å². The summed E-state index contributed by atoms with van der Waals surface area (Å²) >= 11 is 0. The maximum Gasteiger partial charge on any atom is 0.410 e. The predicted octanol–water partition coefficient (Wildman–Crippen LogP) is 2.57. The van der Waals surface area contributed by atoms with Crippen molar-refractivity contribution in [3.63, 3.8) is 0 Å². The molecule has 0 aromatic carbocycles. The summed E-state index contributed by atoms with van der Waals surface area (Å²) in [6.45, 7) is 4.47. The smallest absolute Gasteiger partial charge is 0.410 e. The molecule has 3 atom stereocenters. The molecular weight excluding hydrogens is 190 g/mol. The third-order valence-electron chi connectivity index (χ3n) is 3.48. The van der Waals surface area contributed by atoms with E-state index in [2.05, 4.69) is 19.1 Å². The molecule has 0 N–H and O–H groups in total. The summed E-state index contributed by atoms with van der Waals surface area (Å²) in [4.78, 5) is 13.8. The Labute approximate surface area is 91.1 Å². The van der Waals surface area contributed by atoms with Crippen molar-refractivity contribution in [2.45, 2.75) is 45.2 Å². The minimum atomic E-state index is -0.136. The van der Waals surface area contributed by atoms with Gasteiger partial charge in [-0.3, -0.25) is 4.90 Å². The molecule has 1 aliphatic carbocycles. The summed E-state index contributed by atoms with van der Waals surface area (Å²) in [6, 6.07) is 0.631. The zero-order chi connectivity index (χ0) is 10.8. The molecule has 15 heavy (non-hydrogen) atoms. The van der Waals surface area contributed by atoms with Crippen LogP contribution in [0.3, 0.4) is 0 Å². The molecule has 1 amide bonds. The first kappa shape index (κ1) is 10.5. The molecule has 3 rings (SSSR count). The van der Waals surface area contributed by atoms with Gasteiger partial charge in [0.25, 0.3) is 0 Å². The normalized spacial score (nSPS) is 33.2. The Balaban J connectivity index is 2.15. The van der Waals surface area contributed by atoms with Crippen LogP contribution < -0.4 is 0 Å². The van der Waals surface area contributed by atoms with E-state index in [0.29, 0.717) is 18.6 Å². The molecular formula is C12H19NO2. The first-order chi connectivity index (χ1) is 7.27. The van der Waals surface area contributed by atoms with Gasteiger partial charge in [-0.25, -0.2) is 4.79 Å². The minimum absolute atomic E-state index is 0.136. The van der Waals surface area contributed by atoms with Gasteiger partial charge in [0.2, 0.25) is 0 Å². The number of piperidine rings is 1. The molecule has 0 aromatic rings. The number of ether oxygens (including phenoxy) is 1. The fourth-order valence-corrected chi connectivity index (χ4v) is 2.80. The Hall–Kier alpha value is -0.990. The molecule has 3 heteroatoms. The van der Waals surface area contributed by atoms with E-state index in [9.17, 15) is 4.79 Å². The Morgan fingerprint density at radius 2 is 2.20 bits per heavy atom. The van der Waals surface area contributed by atoms with Crippen LogP contribution in [0.2, 0.25) is 0 Å². The third-order valence-corrected chi connectivity index (χ3v) is 3.48. The van der Waals surface area contributed by atoms with E-state index in [1.54, 1.807) is 0 Å². The van der Waals surface area contributed by atoms with Crippen molar-refractivity contribution in [3.05, 3.63) is 12.2 Å². The Morgan fingerprint density at radius 3 is 2.73 bits per heavy atom. The van der Waals surface area contributed by atoms with Crippen molar-refractivity contribution in [1.82, 2.24) is 4.90 Å². The Bertz CT molecular complexity index is 275. The molecule has 3 nitrogen and oxygen atoms in total. The molecule has 0 spiro atoms. The number of hydrogen-bond acceptors (Lipinski definition) is 2. The van der Waals surface area contributed by atoms with Crippen molar-refractivity contribution in [2.24, 2.45) is 5.92 Å². The highest BCUT2D eigenvalue weighted by Crippen LogP contribution is 2.36. The summed E-state index contributed by atoms with van der Waals surface area (Å²) in [6.07, 6.45) is 7.63. The average molecular weight is 209 g/mol. The van der Waals surface area contributed by atoms with Gasteiger partial charge in [0, 0.05) is 6.04 Å². The number of fused-ring (bicyclic) bond motifs is 2. The molecule has 2 bridgehead atoms. The van der Waals surface area contributed by atoms with E-state index in [1.807, 2.05) is 11.8 Å². The molecule has 1 fully saturated rings. The first-order valence-corrected chi connectivity index (χ1v) is 5.91. The van der Waals surface area contributed by atoms with Gasteiger partial charge in [0.1, 0.15) is 0 Å². The van der Waals surface area contributed by atoms with Crippen LogP contribution in [0, 0.1) is 5.92 Å². The molecule has 0 aromatic heterocycles. The van der Waals surface area contributed by atoms with Crippen LogP contribution in [0.4, 0.5) is 4.79 Å². The lowest BCUT2D eigenvalue weighted by Gasteiger charge is -2.47. The van der Waals surface area contributed by atoms with E-state index in [4.69, 9.17) is 4.74 Å². The second-order valence-electron chi connectivity index (χ2n) is 4.28. The summed E-state index contributed by atoms with van der Waals surface area (Å²) in [5.74, 6) is 0.546. The highest BCUT2D eigenvalue weighted by Gasteiger charge is 2.40. The highest BCUT2D eigenvalue weighted by atomic mass is 16.6. The van der Waals surface area contributed by atoms with Crippen LogP contribution in [0.1, 0.15) is 33.1 Å². The number of amides is 1. The van der Waals surface area contributed by atoms with Gasteiger partial charge in [-0.05, 0) is 32.1 Å². The van der Waals surface area contributed by atoms with Gasteiger partial charge in [-0.2, -0.15) is 0 Å². The number of rotatable bonds is 2. The molecule has 2 heterocycles. The van der Waals surface area contributed by atoms with E-state index >= 15 is 0 Å². The van der Waals surface area contributed by atoms with E-state index in [0.717, 1.165) is 12.8 Å². The summed E-state index contributed by atoms with van der Waals surface area (Å²) < 4.78 is 5.12. The molecule has 1 saturated heterocycles. The molecule has 84 valence electrons. The maximum absolute atomic E-state index is 11.8. The van der Waals surface area contributed by atoms with Crippen molar-refractivity contribution in [3.8, 4) is 0 Å². The molecule has 0 radical (unpaired) electrons. The van der Waals surface area contributed by atoms with Gasteiger partial charge in [-0.15, -0.1) is 0 Å². The Morgan fingerprint density at radius 1 is 1.40 bits per heavy atom. The standard InChI is InChI=1S/C12H19NO2/c1-3-11-9-5-7-10(8-6-9)13(11)12(14)15-4-2/h5,7,9-11H,3-4,6,8H2,1-2H3. The maximum atomic E-state index is 11.8. The predicted molar refractivity (Wildman–Crippen MR) is 58.6 cm³/mol. The number of carbonyl (C=O) groups excluding carboxylic acids is 1. The first-order valence-electron chi connectivity index (χ1n) is 5.91. The van der Waals surface area contributed by atoms with Crippen molar-refractivity contribution < 1.29 is 9.53 Å². The van der Waals surface area contributed by atoms with Crippen LogP contribution in [-0.4, -0.2) is 29.7 Å². The number of carbonyl (C=O) groups is 1. The minimum Gasteiger partial charge on any atom is -0.450 e.